The van der Waals surface area contributed by atoms with Crippen molar-refractivity contribution >= 4 is 49.9 Å². The van der Waals surface area contributed by atoms with E-state index in [0.29, 0.717) is 29.0 Å². The molecule has 0 saturated heterocycles. The highest BCUT2D eigenvalue weighted by atomic mass is 32.2. The second-order valence-corrected chi connectivity index (χ2v) is 12.7. The molecule has 3 aromatic heterocycles. The lowest BCUT2D eigenvalue weighted by Gasteiger charge is -2.27. The number of hydrogen-bond donors (Lipinski definition) is 1. The van der Waals surface area contributed by atoms with E-state index >= 15 is 0 Å². The van der Waals surface area contributed by atoms with Crippen LogP contribution in [-0.4, -0.2) is 44.4 Å². The summed E-state index contributed by atoms with van der Waals surface area (Å²) in [7, 11) is -1.48. The Morgan fingerprint density at radius 1 is 1.22 bits per heavy atom. The molecule has 4 heterocycles. The van der Waals surface area contributed by atoms with E-state index in [1.807, 2.05) is 11.4 Å². The van der Waals surface area contributed by atoms with Crippen molar-refractivity contribution < 1.29 is 27.2 Å². The molecule has 1 fully saturated rings. The Hall–Kier alpha value is -3.03. The first-order valence-electron chi connectivity index (χ1n) is 11.1. The van der Waals surface area contributed by atoms with E-state index in [9.17, 15) is 8.42 Å². The first-order valence-corrected chi connectivity index (χ1v) is 14.3. The van der Waals surface area contributed by atoms with Gasteiger partial charge in [-0.3, -0.25) is 4.72 Å². The number of pyridine rings is 1. The van der Waals surface area contributed by atoms with Gasteiger partial charge in [0.15, 0.2) is 20.6 Å². The van der Waals surface area contributed by atoms with Crippen molar-refractivity contribution in [2.24, 2.45) is 5.41 Å². The van der Waals surface area contributed by atoms with Gasteiger partial charge in [0.1, 0.15) is 16.9 Å². The van der Waals surface area contributed by atoms with E-state index in [1.54, 1.807) is 36.2 Å². The number of anilines is 1. The maximum Gasteiger partial charge on any atom is 0.272 e. The summed E-state index contributed by atoms with van der Waals surface area (Å²) < 4.78 is 53.0. The van der Waals surface area contributed by atoms with Gasteiger partial charge in [-0.05, 0) is 32.3 Å². The normalized spacial score (nSPS) is 16.0. The van der Waals surface area contributed by atoms with Gasteiger partial charge in [-0.1, -0.05) is 16.9 Å². The smallest absolute Gasteiger partial charge is 0.272 e. The molecule has 0 unspecified atom stereocenters. The van der Waals surface area contributed by atoms with Crippen LogP contribution < -0.4 is 18.9 Å². The molecule has 1 aromatic carbocycles. The van der Waals surface area contributed by atoms with Gasteiger partial charge < -0.3 is 18.7 Å². The van der Waals surface area contributed by atoms with Crippen LogP contribution in [0.4, 0.5) is 5.82 Å². The number of nitrogens with zero attached hydrogens (tertiary/aromatic N) is 3. The molecule has 1 aliphatic carbocycles. The number of ether oxygens (including phenoxy) is 3. The van der Waals surface area contributed by atoms with Crippen LogP contribution in [0.2, 0.25) is 0 Å². The average Bonchev–Trinajstić information content (AvgIpc) is 3.22. The van der Waals surface area contributed by atoms with Gasteiger partial charge in [0.25, 0.3) is 10.0 Å². The van der Waals surface area contributed by atoms with Crippen LogP contribution in [-0.2, 0) is 16.4 Å². The van der Waals surface area contributed by atoms with Crippen LogP contribution in [0.25, 0.3) is 11.0 Å². The van der Waals surface area contributed by atoms with E-state index in [1.165, 1.54) is 20.3 Å². The second-order valence-electron chi connectivity index (χ2n) is 8.86. The van der Waals surface area contributed by atoms with Crippen LogP contribution in [0.5, 0.6) is 17.4 Å². The van der Waals surface area contributed by atoms with Crippen LogP contribution in [0.1, 0.15) is 24.1 Å². The second kappa shape index (κ2) is 8.53. The standard InChI is InChI=1S/C23H22N4O6S3/c1-12-8-15(30-2)19(21(25-12)31-3)36(28,29)27-20-17-14(33-26-20)9-16(35-22-24-6-7-34-22)13-10-23(4-5-23)11-32-18(13)17/h6-9H,4-5,10-11H2,1-3H3,(H,26,27). The zero-order valence-corrected chi connectivity index (χ0v) is 22.1. The number of benzene rings is 1. The molecule has 2 aliphatic rings. The molecule has 0 bridgehead atoms. The van der Waals surface area contributed by atoms with Crippen molar-refractivity contribution in [2.45, 2.75) is 40.3 Å². The molecule has 1 spiro atoms. The third kappa shape index (κ3) is 3.95. The molecule has 10 nitrogen and oxygen atoms in total. The van der Waals surface area contributed by atoms with Crippen molar-refractivity contribution in [3.8, 4) is 17.4 Å². The van der Waals surface area contributed by atoms with Crippen LogP contribution >= 0.6 is 23.1 Å². The largest absolute Gasteiger partial charge is 0.495 e. The summed E-state index contributed by atoms with van der Waals surface area (Å²) in [6.45, 7) is 2.29. The van der Waals surface area contributed by atoms with Crippen molar-refractivity contribution in [3.05, 3.63) is 35.0 Å². The Bertz CT molecular complexity index is 1550. The monoisotopic (exact) mass is 546 g/mol. The van der Waals surface area contributed by atoms with Gasteiger partial charge in [-0.25, -0.2) is 18.4 Å². The number of hydrogen-bond acceptors (Lipinski definition) is 11. The minimum Gasteiger partial charge on any atom is -0.495 e. The topological polar surface area (TPSA) is 126 Å². The lowest BCUT2D eigenvalue weighted by atomic mass is 9.93. The van der Waals surface area contributed by atoms with Crippen molar-refractivity contribution in [1.29, 1.82) is 0 Å². The van der Waals surface area contributed by atoms with Crippen molar-refractivity contribution in [3.63, 3.8) is 0 Å². The number of thiazole rings is 1. The third-order valence-corrected chi connectivity index (χ3v) is 9.71. The Labute approximate surface area is 215 Å². The average molecular weight is 547 g/mol. The molecule has 13 heteroatoms. The number of sulfonamides is 1. The van der Waals surface area contributed by atoms with E-state index < -0.39 is 10.0 Å². The highest BCUT2D eigenvalue weighted by molar-refractivity contribution is 8.01. The number of fused-ring (bicyclic) bond motifs is 3. The minimum absolute atomic E-state index is 0.0310. The predicted molar refractivity (Wildman–Crippen MR) is 134 cm³/mol. The van der Waals surface area contributed by atoms with Gasteiger partial charge in [0.2, 0.25) is 5.88 Å². The summed E-state index contributed by atoms with van der Waals surface area (Å²) in [5.41, 5.74) is 2.13. The van der Waals surface area contributed by atoms with Gasteiger partial charge in [-0.2, -0.15) is 0 Å². The van der Waals surface area contributed by atoms with E-state index in [4.69, 9.17) is 18.7 Å². The van der Waals surface area contributed by atoms with Crippen LogP contribution in [0.15, 0.2) is 42.4 Å². The number of rotatable bonds is 7. The fourth-order valence-electron chi connectivity index (χ4n) is 4.40. The zero-order chi connectivity index (χ0) is 25.1. The molecule has 1 aliphatic heterocycles. The summed E-state index contributed by atoms with van der Waals surface area (Å²) in [6, 6.07) is 3.41. The Morgan fingerprint density at radius 2 is 2.06 bits per heavy atom. The summed E-state index contributed by atoms with van der Waals surface area (Å²) in [5.74, 6) is 0.645. The molecule has 36 heavy (non-hydrogen) atoms. The summed E-state index contributed by atoms with van der Waals surface area (Å²) in [4.78, 5) is 9.33. The Kier molecular flexibility index (Phi) is 5.54. The van der Waals surface area contributed by atoms with Gasteiger partial charge >= 0.3 is 0 Å². The quantitative estimate of drug-likeness (QED) is 0.349. The third-order valence-electron chi connectivity index (χ3n) is 6.37. The molecule has 6 rings (SSSR count). The van der Waals surface area contributed by atoms with Crippen molar-refractivity contribution in [1.82, 2.24) is 15.1 Å². The Morgan fingerprint density at radius 3 is 2.75 bits per heavy atom. The predicted octanol–water partition coefficient (Wildman–Crippen LogP) is 4.67. The molecule has 1 saturated carbocycles. The van der Waals surface area contributed by atoms with E-state index in [0.717, 1.165) is 34.1 Å². The molecule has 188 valence electrons. The lowest BCUT2D eigenvalue weighted by molar-refractivity contribution is 0.208. The minimum atomic E-state index is -4.22. The Balaban J connectivity index is 1.46. The van der Waals surface area contributed by atoms with Crippen molar-refractivity contribution in [2.75, 3.05) is 25.5 Å². The molecule has 4 aromatic rings. The molecule has 0 amide bonds. The SMILES string of the molecule is COc1cc(C)nc(OC)c1S(=O)(=O)Nc1noc2cc(Sc3nccs3)c3c(c12)OCC1(CC1)C3. The summed E-state index contributed by atoms with van der Waals surface area (Å²) in [6.07, 6.45) is 4.82. The maximum absolute atomic E-state index is 13.5. The summed E-state index contributed by atoms with van der Waals surface area (Å²) >= 11 is 3.09. The number of nitrogens with one attached hydrogen (secondary N) is 1. The van der Waals surface area contributed by atoms with E-state index in [-0.39, 0.29) is 27.8 Å². The fraction of sp³-hybridized carbons (Fsp3) is 0.348. The maximum atomic E-state index is 13.5. The number of methoxy groups -OCH3 is 2. The first kappa shape index (κ1) is 23.4. The lowest BCUT2D eigenvalue weighted by Crippen LogP contribution is -2.23. The van der Waals surface area contributed by atoms with Gasteiger partial charge in [0, 0.05) is 39.2 Å². The molecular weight excluding hydrogens is 524 g/mol. The van der Waals surface area contributed by atoms with Crippen LogP contribution in [0.3, 0.4) is 0 Å². The van der Waals surface area contributed by atoms with E-state index in [2.05, 4.69) is 19.8 Å². The molecule has 1 N–H and O–H groups in total. The van der Waals surface area contributed by atoms with Gasteiger partial charge in [-0.15, -0.1) is 11.3 Å². The highest BCUT2D eigenvalue weighted by Crippen LogP contribution is 2.56. The van der Waals surface area contributed by atoms with Gasteiger partial charge in [0.05, 0.1) is 20.8 Å². The zero-order valence-electron chi connectivity index (χ0n) is 19.7. The highest BCUT2D eigenvalue weighted by Gasteiger charge is 2.48. The number of aromatic nitrogens is 3. The van der Waals surface area contributed by atoms with Crippen LogP contribution in [0, 0.1) is 12.3 Å². The molecular formula is C23H22N4O6S3. The summed E-state index contributed by atoms with van der Waals surface area (Å²) in [5, 5.41) is 6.47. The molecule has 0 atom stereocenters. The number of aryl methyl sites for hydroxylation is 1. The molecule has 0 radical (unpaired) electrons. The first-order chi connectivity index (χ1) is 17.3. The fourth-order valence-corrected chi connectivity index (χ4v) is 7.41.